The van der Waals surface area contributed by atoms with Gasteiger partial charge < -0.3 is 4.90 Å². The number of carbonyl (C=O) groups is 1. The summed E-state index contributed by atoms with van der Waals surface area (Å²) >= 11 is 3.49. The third-order valence-corrected chi connectivity index (χ3v) is 4.96. The summed E-state index contributed by atoms with van der Waals surface area (Å²) in [7, 11) is 0. The van der Waals surface area contributed by atoms with Gasteiger partial charge in [-0.05, 0) is 18.8 Å². The first-order valence-electron chi connectivity index (χ1n) is 6.26. The van der Waals surface area contributed by atoms with E-state index in [-0.39, 0.29) is 10.7 Å². The second-order valence-corrected chi connectivity index (χ2v) is 6.22. The van der Waals surface area contributed by atoms with Gasteiger partial charge in [0.1, 0.15) is 0 Å². The van der Waals surface area contributed by atoms with E-state index in [4.69, 9.17) is 0 Å². The van der Waals surface area contributed by atoms with Crippen LogP contribution in [0.2, 0.25) is 0 Å². The third-order valence-electron chi connectivity index (χ3n) is 3.51. The molecule has 1 saturated heterocycles. The van der Waals surface area contributed by atoms with Crippen molar-refractivity contribution >= 4 is 21.8 Å². The zero-order valence-electron chi connectivity index (χ0n) is 10.2. The molecule has 1 aliphatic carbocycles. The fraction of sp³-hybridized carbons (Fsp3) is 0.917. The van der Waals surface area contributed by atoms with Gasteiger partial charge in [-0.2, -0.15) is 0 Å². The van der Waals surface area contributed by atoms with Crippen molar-refractivity contribution in [3.05, 3.63) is 0 Å². The molecular weight excluding hydrogens is 268 g/mol. The second-order valence-electron chi connectivity index (χ2n) is 5.24. The Hall–Kier alpha value is -0.0900. The summed E-state index contributed by atoms with van der Waals surface area (Å²) in [6, 6.07) is 0.835. The van der Waals surface area contributed by atoms with E-state index in [0.717, 1.165) is 32.2 Å². The van der Waals surface area contributed by atoms with Gasteiger partial charge in [-0.15, -0.1) is 0 Å². The van der Waals surface area contributed by atoms with Crippen LogP contribution < -0.4 is 0 Å². The monoisotopic (exact) mass is 288 g/mol. The standard InChI is InChI=1S/C12H21BrN2O/c1-9(2)11(13)12(16)15-7-5-14(6-8-15)10-3-4-10/h9-11H,3-8H2,1-2H3. The molecule has 2 fully saturated rings. The smallest absolute Gasteiger partial charge is 0.236 e. The second kappa shape index (κ2) is 5.05. The van der Waals surface area contributed by atoms with Crippen LogP contribution in [0.3, 0.4) is 0 Å². The summed E-state index contributed by atoms with van der Waals surface area (Å²) in [5.41, 5.74) is 0. The molecule has 0 radical (unpaired) electrons. The molecule has 0 aromatic carbocycles. The Morgan fingerprint density at radius 2 is 1.75 bits per heavy atom. The highest BCUT2D eigenvalue weighted by atomic mass is 79.9. The molecule has 0 bridgehead atoms. The van der Waals surface area contributed by atoms with Crippen LogP contribution in [0.15, 0.2) is 0 Å². The maximum atomic E-state index is 12.1. The molecule has 2 rings (SSSR count). The number of rotatable bonds is 3. The Kier molecular flexibility index (Phi) is 3.90. The minimum atomic E-state index is -0.0139. The molecule has 2 aliphatic rings. The lowest BCUT2D eigenvalue weighted by atomic mass is 10.1. The van der Waals surface area contributed by atoms with E-state index in [1.165, 1.54) is 12.8 Å². The van der Waals surface area contributed by atoms with E-state index in [1.807, 2.05) is 4.90 Å². The van der Waals surface area contributed by atoms with E-state index in [1.54, 1.807) is 0 Å². The Labute approximate surface area is 106 Å². The van der Waals surface area contributed by atoms with Crippen molar-refractivity contribution in [1.82, 2.24) is 9.80 Å². The molecule has 1 aliphatic heterocycles. The predicted octanol–water partition coefficient (Wildman–Crippen LogP) is 1.71. The highest BCUT2D eigenvalue weighted by Gasteiger charge is 2.33. The first-order chi connectivity index (χ1) is 7.59. The normalized spacial score (nSPS) is 24.9. The van der Waals surface area contributed by atoms with Crippen LogP contribution in [0.5, 0.6) is 0 Å². The minimum absolute atomic E-state index is 0.0139. The van der Waals surface area contributed by atoms with E-state index < -0.39 is 0 Å². The molecular formula is C12H21BrN2O. The van der Waals surface area contributed by atoms with Gasteiger partial charge >= 0.3 is 0 Å². The Morgan fingerprint density at radius 1 is 1.19 bits per heavy atom. The molecule has 0 spiro atoms. The van der Waals surface area contributed by atoms with Gasteiger partial charge in [0.25, 0.3) is 0 Å². The maximum Gasteiger partial charge on any atom is 0.236 e. The summed E-state index contributed by atoms with van der Waals surface area (Å²) in [5.74, 6) is 0.638. The lowest BCUT2D eigenvalue weighted by Gasteiger charge is -2.36. The van der Waals surface area contributed by atoms with Crippen LogP contribution in [0.4, 0.5) is 0 Å². The molecule has 3 nitrogen and oxygen atoms in total. The fourth-order valence-electron chi connectivity index (χ4n) is 2.21. The van der Waals surface area contributed by atoms with E-state index in [2.05, 4.69) is 34.7 Å². The van der Waals surface area contributed by atoms with Crippen molar-refractivity contribution in [3.63, 3.8) is 0 Å². The lowest BCUT2D eigenvalue weighted by molar-refractivity contribution is -0.133. The number of piperazine rings is 1. The number of hydrogen-bond acceptors (Lipinski definition) is 2. The van der Waals surface area contributed by atoms with Crippen molar-refractivity contribution in [2.45, 2.75) is 37.6 Å². The molecule has 16 heavy (non-hydrogen) atoms. The predicted molar refractivity (Wildman–Crippen MR) is 68.7 cm³/mol. The topological polar surface area (TPSA) is 23.6 Å². The molecule has 4 heteroatoms. The molecule has 0 aromatic heterocycles. The van der Waals surface area contributed by atoms with Crippen molar-refractivity contribution in [2.24, 2.45) is 5.92 Å². The van der Waals surface area contributed by atoms with Crippen LogP contribution in [-0.2, 0) is 4.79 Å². The quantitative estimate of drug-likeness (QED) is 0.739. The van der Waals surface area contributed by atoms with E-state index in [9.17, 15) is 4.79 Å². The van der Waals surface area contributed by atoms with Gasteiger partial charge in [-0.1, -0.05) is 29.8 Å². The molecule has 1 atom stereocenters. The first-order valence-corrected chi connectivity index (χ1v) is 7.18. The molecule has 1 unspecified atom stereocenters. The summed E-state index contributed by atoms with van der Waals surface area (Å²) in [5, 5.41) is 0. The molecule has 92 valence electrons. The van der Waals surface area contributed by atoms with Crippen LogP contribution in [0, 0.1) is 5.92 Å². The molecule has 1 saturated carbocycles. The number of amides is 1. The van der Waals surface area contributed by atoms with Gasteiger partial charge in [0.15, 0.2) is 0 Å². The van der Waals surface area contributed by atoms with Crippen molar-refractivity contribution in [2.75, 3.05) is 26.2 Å². The Morgan fingerprint density at radius 3 is 2.19 bits per heavy atom. The van der Waals surface area contributed by atoms with Crippen LogP contribution >= 0.6 is 15.9 Å². The number of nitrogens with zero attached hydrogens (tertiary/aromatic N) is 2. The van der Waals surface area contributed by atoms with E-state index in [0.29, 0.717) is 5.92 Å². The van der Waals surface area contributed by atoms with Crippen LogP contribution in [0.1, 0.15) is 26.7 Å². The number of alkyl halides is 1. The largest absolute Gasteiger partial charge is 0.339 e. The minimum Gasteiger partial charge on any atom is -0.339 e. The highest BCUT2D eigenvalue weighted by Crippen LogP contribution is 2.27. The fourth-order valence-corrected chi connectivity index (χ4v) is 2.50. The van der Waals surface area contributed by atoms with Gasteiger partial charge in [0.05, 0.1) is 4.83 Å². The Bertz CT molecular complexity index is 258. The summed E-state index contributed by atoms with van der Waals surface area (Å²) < 4.78 is 0. The van der Waals surface area contributed by atoms with Crippen molar-refractivity contribution in [3.8, 4) is 0 Å². The molecule has 1 amide bonds. The van der Waals surface area contributed by atoms with Crippen LogP contribution in [0.25, 0.3) is 0 Å². The summed E-state index contributed by atoms with van der Waals surface area (Å²) in [4.78, 5) is 16.6. The zero-order valence-corrected chi connectivity index (χ0v) is 11.7. The number of halogens is 1. The van der Waals surface area contributed by atoms with Gasteiger partial charge in [0.2, 0.25) is 5.91 Å². The Balaban J connectivity index is 1.81. The van der Waals surface area contributed by atoms with Crippen molar-refractivity contribution in [1.29, 1.82) is 0 Å². The highest BCUT2D eigenvalue weighted by molar-refractivity contribution is 9.10. The average Bonchev–Trinajstić information content (AvgIpc) is 3.11. The number of carbonyl (C=O) groups excluding carboxylic acids is 1. The summed E-state index contributed by atoms with van der Waals surface area (Å²) in [6.45, 7) is 8.10. The maximum absolute atomic E-state index is 12.1. The van der Waals surface area contributed by atoms with Gasteiger partial charge in [0, 0.05) is 32.2 Å². The SMILES string of the molecule is CC(C)C(Br)C(=O)N1CCN(C2CC2)CC1. The molecule has 0 aromatic rings. The zero-order chi connectivity index (χ0) is 11.7. The molecule has 1 heterocycles. The van der Waals surface area contributed by atoms with E-state index >= 15 is 0 Å². The molecule has 0 N–H and O–H groups in total. The third kappa shape index (κ3) is 2.77. The van der Waals surface area contributed by atoms with Crippen LogP contribution in [-0.4, -0.2) is 52.8 Å². The average molecular weight is 289 g/mol. The lowest BCUT2D eigenvalue weighted by Crippen LogP contribution is -2.51. The van der Waals surface area contributed by atoms with Gasteiger partial charge in [-0.25, -0.2) is 0 Å². The van der Waals surface area contributed by atoms with Crippen molar-refractivity contribution < 1.29 is 4.79 Å². The van der Waals surface area contributed by atoms with Gasteiger partial charge in [-0.3, -0.25) is 9.69 Å². The first kappa shape index (κ1) is 12.4. The summed E-state index contributed by atoms with van der Waals surface area (Å²) in [6.07, 6.45) is 2.72. The number of hydrogen-bond donors (Lipinski definition) is 0.